The first-order chi connectivity index (χ1) is 12.6. The van der Waals surface area contributed by atoms with Crippen molar-refractivity contribution in [3.05, 3.63) is 59.9 Å². The smallest absolute Gasteiger partial charge is 0.254 e. The highest BCUT2D eigenvalue weighted by Gasteiger charge is 2.17. The second-order valence-electron chi connectivity index (χ2n) is 5.95. The normalized spacial score (nSPS) is 10.7. The highest BCUT2D eigenvalue weighted by molar-refractivity contribution is 5.96. The molecule has 0 unspecified atom stereocenters. The van der Waals surface area contributed by atoms with E-state index < -0.39 is 0 Å². The van der Waals surface area contributed by atoms with Crippen molar-refractivity contribution in [3.8, 4) is 16.8 Å². The number of nitrogens with zero attached hydrogens (tertiary/aromatic N) is 5. The predicted octanol–water partition coefficient (Wildman–Crippen LogP) is 2.09. The van der Waals surface area contributed by atoms with Gasteiger partial charge in [-0.15, -0.1) is 5.10 Å². The van der Waals surface area contributed by atoms with E-state index in [1.165, 1.54) is 11.0 Å². The number of aliphatic hydroxyl groups excluding tert-OH is 1. The Bertz CT molecular complexity index is 893. The van der Waals surface area contributed by atoms with Crippen LogP contribution in [-0.4, -0.2) is 55.8 Å². The van der Waals surface area contributed by atoms with E-state index >= 15 is 0 Å². The fourth-order valence-electron chi connectivity index (χ4n) is 2.91. The van der Waals surface area contributed by atoms with Gasteiger partial charge in [0.15, 0.2) is 0 Å². The molecule has 0 atom stereocenters. The summed E-state index contributed by atoms with van der Waals surface area (Å²) in [6.07, 6.45) is 1.50. The van der Waals surface area contributed by atoms with Crippen LogP contribution in [0.5, 0.6) is 0 Å². The van der Waals surface area contributed by atoms with Crippen molar-refractivity contribution in [1.82, 2.24) is 25.1 Å². The Morgan fingerprint density at radius 2 is 2.04 bits per heavy atom. The molecule has 0 aliphatic carbocycles. The Balaban J connectivity index is 2.12. The average Bonchev–Trinajstić information content (AvgIpc) is 3.20. The topological polar surface area (TPSA) is 84.1 Å². The Hall–Kier alpha value is -3.06. The molecule has 1 aromatic heterocycles. The van der Waals surface area contributed by atoms with E-state index in [1.54, 1.807) is 11.0 Å². The first kappa shape index (κ1) is 17.8. The number of aryl methyl sites for hydroxylation is 1. The molecule has 1 heterocycles. The zero-order valence-electron chi connectivity index (χ0n) is 14.8. The lowest BCUT2D eigenvalue weighted by atomic mass is 9.97. The van der Waals surface area contributed by atoms with Gasteiger partial charge in [0.25, 0.3) is 5.91 Å². The predicted molar refractivity (Wildman–Crippen MR) is 98.0 cm³/mol. The van der Waals surface area contributed by atoms with Gasteiger partial charge < -0.3 is 10.0 Å². The number of carbonyl (C=O) groups is 1. The standard InChI is InChI=1S/C19H21N5O2/c1-3-23(8-9-25)19(26)16-10-15(18-7-5-4-6-14(18)2)11-17(12-16)24-13-20-21-22-24/h4-7,10-13,25H,3,8-9H2,1-2H3. The monoisotopic (exact) mass is 351 g/mol. The lowest BCUT2D eigenvalue weighted by molar-refractivity contribution is 0.0732. The van der Waals surface area contributed by atoms with E-state index in [9.17, 15) is 9.90 Å². The number of benzene rings is 2. The van der Waals surface area contributed by atoms with Crippen LogP contribution in [0.2, 0.25) is 0 Å². The summed E-state index contributed by atoms with van der Waals surface area (Å²) in [6, 6.07) is 13.6. The molecule has 0 spiro atoms. The molecule has 1 amide bonds. The molecular formula is C19H21N5O2. The van der Waals surface area contributed by atoms with Crippen LogP contribution in [0.1, 0.15) is 22.8 Å². The first-order valence-corrected chi connectivity index (χ1v) is 8.48. The number of hydrogen-bond acceptors (Lipinski definition) is 5. The molecule has 2 aromatic carbocycles. The van der Waals surface area contributed by atoms with E-state index in [0.29, 0.717) is 24.3 Å². The summed E-state index contributed by atoms with van der Waals surface area (Å²) in [7, 11) is 0. The second-order valence-corrected chi connectivity index (χ2v) is 5.95. The Morgan fingerprint density at radius 1 is 1.23 bits per heavy atom. The lowest BCUT2D eigenvalue weighted by Gasteiger charge is -2.20. The van der Waals surface area contributed by atoms with E-state index in [1.807, 2.05) is 50.2 Å². The number of rotatable bonds is 6. The number of aliphatic hydroxyl groups is 1. The maximum atomic E-state index is 12.9. The molecule has 3 rings (SSSR count). The van der Waals surface area contributed by atoms with Crippen molar-refractivity contribution in [1.29, 1.82) is 0 Å². The van der Waals surface area contributed by atoms with E-state index in [-0.39, 0.29) is 12.5 Å². The summed E-state index contributed by atoms with van der Waals surface area (Å²) in [5.41, 5.74) is 4.31. The van der Waals surface area contributed by atoms with Crippen LogP contribution in [0, 0.1) is 6.92 Å². The molecule has 7 nitrogen and oxygen atoms in total. The summed E-state index contributed by atoms with van der Waals surface area (Å²) in [5.74, 6) is -0.133. The Kier molecular flexibility index (Phi) is 5.38. The van der Waals surface area contributed by atoms with Gasteiger partial charge >= 0.3 is 0 Å². The van der Waals surface area contributed by atoms with Crippen LogP contribution >= 0.6 is 0 Å². The van der Waals surface area contributed by atoms with Crippen LogP contribution in [0.3, 0.4) is 0 Å². The van der Waals surface area contributed by atoms with Crippen LogP contribution < -0.4 is 0 Å². The van der Waals surface area contributed by atoms with E-state index in [4.69, 9.17) is 0 Å². The highest BCUT2D eigenvalue weighted by Crippen LogP contribution is 2.27. The molecule has 0 fully saturated rings. The van der Waals surface area contributed by atoms with Crippen molar-refractivity contribution in [2.45, 2.75) is 13.8 Å². The third kappa shape index (κ3) is 3.62. The SMILES string of the molecule is CCN(CCO)C(=O)c1cc(-c2ccccc2C)cc(-n2cnnn2)c1. The van der Waals surface area contributed by atoms with Crippen LogP contribution in [0.25, 0.3) is 16.8 Å². The molecule has 1 N–H and O–H groups in total. The fraction of sp³-hybridized carbons (Fsp3) is 0.263. The second kappa shape index (κ2) is 7.88. The third-order valence-electron chi connectivity index (χ3n) is 4.27. The Morgan fingerprint density at radius 3 is 2.69 bits per heavy atom. The van der Waals surface area contributed by atoms with Crippen molar-refractivity contribution in [2.75, 3.05) is 19.7 Å². The van der Waals surface area contributed by atoms with Crippen LogP contribution in [-0.2, 0) is 0 Å². The molecule has 0 bridgehead atoms. The van der Waals surface area contributed by atoms with E-state index in [0.717, 1.165) is 16.7 Å². The molecule has 134 valence electrons. The minimum atomic E-state index is -0.133. The first-order valence-electron chi connectivity index (χ1n) is 8.48. The molecule has 0 saturated carbocycles. The summed E-state index contributed by atoms with van der Waals surface area (Å²) in [4.78, 5) is 14.5. The lowest BCUT2D eigenvalue weighted by Crippen LogP contribution is -2.33. The van der Waals surface area contributed by atoms with Crippen molar-refractivity contribution in [3.63, 3.8) is 0 Å². The number of hydrogen-bond donors (Lipinski definition) is 1. The zero-order valence-corrected chi connectivity index (χ0v) is 14.8. The molecule has 0 aliphatic heterocycles. The maximum absolute atomic E-state index is 12.9. The van der Waals surface area contributed by atoms with Gasteiger partial charge in [-0.3, -0.25) is 4.79 Å². The van der Waals surface area contributed by atoms with Gasteiger partial charge in [-0.2, -0.15) is 0 Å². The number of aromatic nitrogens is 4. The molecular weight excluding hydrogens is 330 g/mol. The average molecular weight is 351 g/mol. The molecule has 0 aliphatic rings. The largest absolute Gasteiger partial charge is 0.395 e. The van der Waals surface area contributed by atoms with Gasteiger partial charge in [-0.05, 0) is 59.2 Å². The summed E-state index contributed by atoms with van der Waals surface area (Å²) in [6.45, 7) is 4.67. The van der Waals surface area contributed by atoms with Gasteiger partial charge in [0.1, 0.15) is 6.33 Å². The number of tetrazole rings is 1. The summed E-state index contributed by atoms with van der Waals surface area (Å²) in [5, 5.41) is 20.5. The van der Waals surface area contributed by atoms with Crippen molar-refractivity contribution >= 4 is 5.91 Å². The van der Waals surface area contributed by atoms with Crippen LogP contribution in [0.4, 0.5) is 0 Å². The quantitative estimate of drug-likeness (QED) is 0.735. The maximum Gasteiger partial charge on any atom is 0.254 e. The van der Waals surface area contributed by atoms with Crippen LogP contribution in [0.15, 0.2) is 48.8 Å². The molecule has 26 heavy (non-hydrogen) atoms. The van der Waals surface area contributed by atoms with Gasteiger partial charge in [0.05, 0.1) is 12.3 Å². The third-order valence-corrected chi connectivity index (χ3v) is 4.27. The number of amides is 1. The minimum absolute atomic E-state index is 0.0725. The van der Waals surface area contributed by atoms with Gasteiger partial charge in [-0.25, -0.2) is 4.68 Å². The van der Waals surface area contributed by atoms with Crippen molar-refractivity contribution in [2.24, 2.45) is 0 Å². The number of carbonyl (C=O) groups excluding carboxylic acids is 1. The highest BCUT2D eigenvalue weighted by atomic mass is 16.3. The minimum Gasteiger partial charge on any atom is -0.395 e. The molecule has 0 radical (unpaired) electrons. The van der Waals surface area contributed by atoms with E-state index in [2.05, 4.69) is 15.5 Å². The van der Waals surface area contributed by atoms with Crippen molar-refractivity contribution < 1.29 is 9.90 Å². The van der Waals surface area contributed by atoms with Gasteiger partial charge in [-0.1, -0.05) is 24.3 Å². The molecule has 7 heteroatoms. The molecule has 0 saturated heterocycles. The fourth-order valence-corrected chi connectivity index (χ4v) is 2.91. The van der Waals surface area contributed by atoms with Gasteiger partial charge in [0.2, 0.25) is 0 Å². The Labute approximate surface area is 151 Å². The number of likely N-dealkylation sites (N-methyl/N-ethyl adjacent to an activating group) is 1. The van der Waals surface area contributed by atoms with Gasteiger partial charge in [0, 0.05) is 18.7 Å². The zero-order chi connectivity index (χ0) is 18.5. The summed E-state index contributed by atoms with van der Waals surface area (Å²) >= 11 is 0. The summed E-state index contributed by atoms with van der Waals surface area (Å²) < 4.78 is 1.53. The molecule has 3 aromatic rings.